The van der Waals surface area contributed by atoms with Gasteiger partial charge in [0.25, 0.3) is 0 Å². The van der Waals surface area contributed by atoms with Gasteiger partial charge in [0.2, 0.25) is 10.0 Å². The van der Waals surface area contributed by atoms with Crippen molar-refractivity contribution in [2.24, 2.45) is 5.92 Å². The molecule has 0 radical (unpaired) electrons. The summed E-state index contributed by atoms with van der Waals surface area (Å²) in [7, 11) is -0.663. The number of hydrogen-bond acceptors (Lipinski definition) is 5. The zero-order valence-electron chi connectivity index (χ0n) is 19.8. The van der Waals surface area contributed by atoms with E-state index in [0.29, 0.717) is 16.9 Å². The van der Waals surface area contributed by atoms with E-state index in [1.807, 2.05) is 6.07 Å². The second-order valence-corrected chi connectivity index (χ2v) is 9.55. The van der Waals surface area contributed by atoms with E-state index in [1.165, 1.54) is 23.4 Å². The molecule has 29 heavy (non-hydrogen) atoms. The summed E-state index contributed by atoms with van der Waals surface area (Å²) in [4.78, 5) is 1.18. The van der Waals surface area contributed by atoms with Gasteiger partial charge < -0.3 is 14.7 Å². The Labute approximate surface area is 178 Å². The maximum atomic E-state index is 13.1. The number of nitrogens with zero attached hydrogens (tertiary/aromatic N) is 2. The van der Waals surface area contributed by atoms with E-state index in [-0.39, 0.29) is 31.8 Å². The average Bonchev–Trinajstić information content (AvgIpc) is 2.75. The van der Waals surface area contributed by atoms with Crippen molar-refractivity contribution in [1.82, 2.24) is 9.21 Å². The number of benzene rings is 2. The Morgan fingerprint density at radius 1 is 1.28 bits per heavy atom. The van der Waals surface area contributed by atoms with Gasteiger partial charge in [-0.1, -0.05) is 42.5 Å². The van der Waals surface area contributed by atoms with Crippen LogP contribution in [0.1, 0.15) is 21.7 Å². The number of methoxy groups -OCH3 is 1. The molecule has 0 amide bonds. The minimum absolute atomic E-state index is 0.00155. The number of sulfonamides is 1. The second kappa shape index (κ2) is 8.83. The lowest BCUT2D eigenvalue weighted by Gasteiger charge is -2.45. The lowest BCUT2D eigenvalue weighted by molar-refractivity contribution is -0.0698. The first-order valence-electron chi connectivity index (χ1n) is 11.1. The first-order chi connectivity index (χ1) is 15.0. The van der Waals surface area contributed by atoms with Gasteiger partial charge in [-0.15, -0.1) is 0 Å². The number of piperidine rings is 1. The molecule has 1 aliphatic rings. The third kappa shape index (κ3) is 4.98. The molecule has 2 unspecified atom stereocenters. The molecule has 1 aliphatic heterocycles. The van der Waals surface area contributed by atoms with Gasteiger partial charge in [-0.3, -0.25) is 0 Å². The molecule has 0 spiro atoms. The van der Waals surface area contributed by atoms with Crippen molar-refractivity contribution in [3.05, 3.63) is 65.7 Å². The first kappa shape index (κ1) is 17.9. The quantitative estimate of drug-likeness (QED) is 0.743. The van der Waals surface area contributed by atoms with Gasteiger partial charge in [0.1, 0.15) is 5.75 Å². The van der Waals surface area contributed by atoms with Gasteiger partial charge in [-0.25, -0.2) is 12.7 Å². The van der Waals surface area contributed by atoms with Crippen molar-refractivity contribution in [2.75, 3.05) is 40.8 Å². The zero-order chi connectivity index (χ0) is 23.6. The Bertz CT molecular complexity index is 1020. The van der Waals surface area contributed by atoms with E-state index < -0.39 is 28.5 Å². The Kier molecular flexibility index (Phi) is 5.45. The van der Waals surface area contributed by atoms with Crippen molar-refractivity contribution in [3.8, 4) is 5.75 Å². The standard InChI is InChI=1S/C22H30N2O4S/c1-23(2)15-20-16-24(29(26,27)17-18-8-5-4-6-9-18)13-12-22(20,25)19-10-7-11-21(14-19)28-3/h4-11,14,20,25H,12-13,15-17H2,1-3H3/i1D3. The largest absolute Gasteiger partial charge is 0.497 e. The fourth-order valence-corrected chi connectivity index (χ4v) is 5.50. The van der Waals surface area contributed by atoms with E-state index in [0.717, 1.165) is 0 Å². The highest BCUT2D eigenvalue weighted by Gasteiger charge is 2.45. The fraction of sp³-hybridized carbons (Fsp3) is 0.455. The molecule has 3 rings (SSSR count). The third-order valence-electron chi connectivity index (χ3n) is 5.49. The Morgan fingerprint density at radius 2 is 2.03 bits per heavy atom. The monoisotopic (exact) mass is 421 g/mol. The molecule has 2 aromatic carbocycles. The van der Waals surface area contributed by atoms with Gasteiger partial charge in [-0.05, 0) is 43.7 Å². The van der Waals surface area contributed by atoms with E-state index >= 15 is 0 Å². The molecular formula is C22H30N2O4S. The highest BCUT2D eigenvalue weighted by Crippen LogP contribution is 2.40. The van der Waals surface area contributed by atoms with Crippen LogP contribution in [0.25, 0.3) is 0 Å². The highest BCUT2D eigenvalue weighted by atomic mass is 32.2. The van der Waals surface area contributed by atoms with Crippen LogP contribution in [-0.2, 0) is 21.4 Å². The van der Waals surface area contributed by atoms with Crippen LogP contribution in [0.4, 0.5) is 0 Å². The first-order valence-corrected chi connectivity index (χ1v) is 11.2. The molecule has 7 heteroatoms. The molecule has 6 nitrogen and oxygen atoms in total. The molecule has 1 heterocycles. The van der Waals surface area contributed by atoms with Gasteiger partial charge in [0, 0.05) is 29.7 Å². The van der Waals surface area contributed by atoms with Crippen LogP contribution >= 0.6 is 0 Å². The third-order valence-corrected chi connectivity index (χ3v) is 7.31. The predicted octanol–water partition coefficient (Wildman–Crippen LogP) is 2.30. The molecule has 2 aromatic rings. The Morgan fingerprint density at radius 3 is 2.72 bits per heavy atom. The second-order valence-electron chi connectivity index (χ2n) is 7.58. The summed E-state index contributed by atoms with van der Waals surface area (Å²) in [6.45, 7) is -2.21. The number of hydrogen-bond donors (Lipinski definition) is 1. The summed E-state index contributed by atoms with van der Waals surface area (Å²) in [5, 5.41) is 11.7. The molecule has 158 valence electrons. The van der Waals surface area contributed by atoms with Crippen LogP contribution in [0.3, 0.4) is 0 Å². The fourth-order valence-electron chi connectivity index (χ4n) is 3.93. The van der Waals surface area contributed by atoms with Gasteiger partial charge in [0.05, 0.1) is 18.5 Å². The van der Waals surface area contributed by atoms with Crippen LogP contribution in [0.15, 0.2) is 54.6 Å². The van der Waals surface area contributed by atoms with Crippen molar-refractivity contribution >= 4 is 10.0 Å². The average molecular weight is 422 g/mol. The summed E-state index contributed by atoms with van der Waals surface area (Å²) in [6.07, 6.45) is 0.147. The number of rotatable bonds is 7. The molecule has 0 aromatic heterocycles. The number of ether oxygens (including phenoxy) is 1. The van der Waals surface area contributed by atoms with Crippen LogP contribution in [0.5, 0.6) is 5.75 Å². The molecule has 1 fully saturated rings. The predicted molar refractivity (Wildman–Crippen MR) is 114 cm³/mol. The molecule has 0 aliphatic carbocycles. The summed E-state index contributed by atoms with van der Waals surface area (Å²) >= 11 is 0. The topological polar surface area (TPSA) is 70.1 Å². The van der Waals surface area contributed by atoms with E-state index in [9.17, 15) is 13.5 Å². The van der Waals surface area contributed by atoms with E-state index in [2.05, 4.69) is 0 Å². The number of aliphatic hydroxyl groups is 1. The summed E-state index contributed by atoms with van der Waals surface area (Å²) in [5.41, 5.74) is -0.134. The van der Waals surface area contributed by atoms with Crippen LogP contribution in [0.2, 0.25) is 0 Å². The van der Waals surface area contributed by atoms with E-state index in [1.54, 1.807) is 48.5 Å². The van der Waals surface area contributed by atoms with Crippen molar-refractivity contribution in [3.63, 3.8) is 0 Å². The maximum Gasteiger partial charge on any atom is 0.218 e. The molecule has 1 saturated heterocycles. The highest BCUT2D eigenvalue weighted by molar-refractivity contribution is 7.88. The molecule has 1 N–H and O–H groups in total. The van der Waals surface area contributed by atoms with Gasteiger partial charge >= 0.3 is 0 Å². The smallest absolute Gasteiger partial charge is 0.218 e. The van der Waals surface area contributed by atoms with E-state index in [4.69, 9.17) is 8.85 Å². The van der Waals surface area contributed by atoms with Crippen molar-refractivity contribution in [1.29, 1.82) is 0 Å². The Balaban J connectivity index is 1.91. The van der Waals surface area contributed by atoms with Crippen LogP contribution in [0, 0.1) is 5.92 Å². The minimum Gasteiger partial charge on any atom is -0.497 e. The minimum atomic E-state index is -3.65. The summed E-state index contributed by atoms with van der Waals surface area (Å²) < 4.78 is 56.0. The zero-order valence-corrected chi connectivity index (χ0v) is 17.6. The van der Waals surface area contributed by atoms with Crippen LogP contribution in [-0.4, -0.2) is 63.5 Å². The van der Waals surface area contributed by atoms with Crippen molar-refractivity contribution in [2.45, 2.75) is 17.8 Å². The maximum absolute atomic E-state index is 13.1. The summed E-state index contributed by atoms with van der Waals surface area (Å²) in [5.74, 6) is -0.231. The molecular weight excluding hydrogens is 388 g/mol. The Hall–Kier alpha value is -1.93. The summed E-state index contributed by atoms with van der Waals surface area (Å²) in [6, 6.07) is 15.9. The molecule has 2 atom stereocenters. The molecule has 0 bridgehead atoms. The SMILES string of the molecule is [2H]C([2H])([2H])N(C)CC1CN(S(=O)(=O)Cc2ccccc2)CCC1(O)c1cccc(OC)c1. The molecule has 0 saturated carbocycles. The lowest BCUT2D eigenvalue weighted by atomic mass is 9.76. The van der Waals surface area contributed by atoms with Gasteiger partial charge in [-0.2, -0.15) is 0 Å². The van der Waals surface area contributed by atoms with Crippen LogP contribution < -0.4 is 4.74 Å². The van der Waals surface area contributed by atoms with Crippen molar-refractivity contribution < 1.29 is 22.4 Å². The lowest BCUT2D eigenvalue weighted by Crippen LogP contribution is -2.54. The van der Waals surface area contributed by atoms with Gasteiger partial charge in [0.15, 0.2) is 0 Å². The normalized spacial score (nSPS) is 25.2.